The first-order valence-corrected chi connectivity index (χ1v) is 10.3. The van der Waals surface area contributed by atoms with E-state index in [1.165, 1.54) is 24.0 Å². The van der Waals surface area contributed by atoms with E-state index in [0.717, 1.165) is 12.4 Å². The number of amides is 1. The van der Waals surface area contributed by atoms with Gasteiger partial charge in [0.1, 0.15) is 11.4 Å². The van der Waals surface area contributed by atoms with E-state index >= 15 is 0 Å². The van der Waals surface area contributed by atoms with E-state index in [2.05, 4.69) is 25.3 Å². The molecule has 4 rings (SSSR count). The van der Waals surface area contributed by atoms with Crippen molar-refractivity contribution in [2.45, 2.75) is 49.2 Å². The van der Waals surface area contributed by atoms with Gasteiger partial charge in [-0.1, -0.05) is 11.8 Å². The molecule has 170 valence electrons. The van der Waals surface area contributed by atoms with Crippen molar-refractivity contribution in [3.8, 4) is 0 Å². The Hall–Kier alpha value is -2.80. The Balaban J connectivity index is 1.56. The number of hydrogen-bond donors (Lipinski definition) is 2. The largest absolute Gasteiger partial charge is 0.379 e. The Kier molecular flexibility index (Phi) is 6.03. The molecule has 1 fully saturated rings. The lowest BCUT2D eigenvalue weighted by atomic mass is 9.90. The van der Waals surface area contributed by atoms with Crippen LogP contribution < -0.4 is 11.1 Å². The summed E-state index contributed by atoms with van der Waals surface area (Å²) >= 11 is 1.19. The zero-order valence-electron chi connectivity index (χ0n) is 16.6. The fourth-order valence-corrected chi connectivity index (χ4v) is 5.35. The summed E-state index contributed by atoms with van der Waals surface area (Å²) in [7, 11) is 0. The van der Waals surface area contributed by atoms with E-state index in [-0.39, 0.29) is 17.7 Å². The van der Waals surface area contributed by atoms with Gasteiger partial charge in [0.2, 0.25) is 0 Å². The minimum atomic E-state index is -2.91. The van der Waals surface area contributed by atoms with Crippen LogP contribution in [0.1, 0.15) is 47.6 Å². The maximum Gasteiger partial charge on any atom is 0.345 e. The normalized spacial score (nSPS) is 27.0. The summed E-state index contributed by atoms with van der Waals surface area (Å²) in [6.45, 7) is -1.10. The summed E-state index contributed by atoms with van der Waals surface area (Å²) in [6.07, 6.45) is 0.120. The number of thioether (sulfide) groups is 1. The van der Waals surface area contributed by atoms with Gasteiger partial charge in [0.15, 0.2) is 5.17 Å². The summed E-state index contributed by atoms with van der Waals surface area (Å²) in [5, 5.41) is 2.91. The number of rotatable bonds is 6. The first-order valence-electron chi connectivity index (χ1n) is 9.53. The van der Waals surface area contributed by atoms with E-state index < -0.39 is 35.5 Å². The standard InChI is InChI=1S/C19H18F4N6O2S/c1-8-14(19(32-18(24)28-8)5-13(19)31-17(22)23)10-4-9(2-3-25-10)29-16(30)12-7-26-11(6-27-12)15(20)21/h2-4,6-8,13-15,17H,5H2,1H3,(H2,24,28)(H,25,29,30)/t8-,13+,14?,19-/m0/s1. The van der Waals surface area contributed by atoms with Gasteiger partial charge in [-0.2, -0.15) is 8.78 Å². The first kappa shape index (κ1) is 22.4. The van der Waals surface area contributed by atoms with Crippen LogP contribution >= 0.6 is 11.8 Å². The SMILES string of the molecule is C[C@@H]1N=C(N)S[C@]2(C[C@H]2OC(F)F)C1c1cc(NC(=O)c2cnc(C(F)F)cn2)ccn1. The molecule has 1 saturated carbocycles. The number of carbonyl (C=O) groups is 1. The number of pyridine rings is 1. The lowest BCUT2D eigenvalue weighted by molar-refractivity contribution is -0.139. The van der Waals surface area contributed by atoms with Gasteiger partial charge >= 0.3 is 6.61 Å². The topological polar surface area (TPSA) is 115 Å². The number of anilines is 1. The van der Waals surface area contributed by atoms with Gasteiger partial charge in [-0.05, 0) is 25.5 Å². The summed E-state index contributed by atoms with van der Waals surface area (Å²) in [5.74, 6) is -1.03. The molecule has 3 heterocycles. The van der Waals surface area contributed by atoms with Crippen molar-refractivity contribution in [1.82, 2.24) is 15.0 Å². The fraction of sp³-hybridized carbons (Fsp3) is 0.421. The fourth-order valence-electron chi connectivity index (χ4n) is 3.88. The molecule has 0 aromatic carbocycles. The molecular weight excluding hydrogens is 452 g/mol. The number of aromatic nitrogens is 3. The Morgan fingerprint density at radius 1 is 1.28 bits per heavy atom. The number of aliphatic imine (C=N–C) groups is 1. The summed E-state index contributed by atoms with van der Waals surface area (Å²) in [4.78, 5) is 28.4. The van der Waals surface area contributed by atoms with Crippen LogP contribution in [-0.4, -0.2) is 49.5 Å². The third kappa shape index (κ3) is 4.39. The minimum Gasteiger partial charge on any atom is -0.379 e. The Morgan fingerprint density at radius 2 is 2.06 bits per heavy atom. The first-order chi connectivity index (χ1) is 15.2. The summed E-state index contributed by atoms with van der Waals surface area (Å²) in [6, 6.07) is 2.79. The highest BCUT2D eigenvalue weighted by Crippen LogP contribution is 2.62. The van der Waals surface area contributed by atoms with Crippen LogP contribution in [0.5, 0.6) is 0 Å². The van der Waals surface area contributed by atoms with Crippen LogP contribution in [0.2, 0.25) is 0 Å². The van der Waals surface area contributed by atoms with Gasteiger partial charge in [-0.3, -0.25) is 19.8 Å². The highest BCUT2D eigenvalue weighted by atomic mass is 32.2. The third-order valence-corrected chi connectivity index (χ3v) is 6.65. The van der Waals surface area contributed by atoms with Crippen molar-refractivity contribution in [3.63, 3.8) is 0 Å². The van der Waals surface area contributed by atoms with Crippen molar-refractivity contribution in [3.05, 3.63) is 47.8 Å². The predicted molar refractivity (Wildman–Crippen MR) is 109 cm³/mol. The van der Waals surface area contributed by atoms with Crippen molar-refractivity contribution >= 4 is 28.5 Å². The molecular formula is C19H18F4N6O2S. The van der Waals surface area contributed by atoms with Crippen molar-refractivity contribution in [2.75, 3.05) is 5.32 Å². The molecule has 4 atom stereocenters. The van der Waals surface area contributed by atoms with Crippen LogP contribution in [0, 0.1) is 0 Å². The molecule has 0 bridgehead atoms. The van der Waals surface area contributed by atoms with E-state index in [1.807, 2.05) is 6.92 Å². The molecule has 2 aliphatic rings. The van der Waals surface area contributed by atoms with Gasteiger partial charge in [-0.15, -0.1) is 0 Å². The van der Waals surface area contributed by atoms with Gasteiger partial charge in [0.25, 0.3) is 12.3 Å². The molecule has 1 aliphatic heterocycles. The van der Waals surface area contributed by atoms with Crippen molar-refractivity contribution in [1.29, 1.82) is 0 Å². The molecule has 32 heavy (non-hydrogen) atoms. The summed E-state index contributed by atoms with van der Waals surface area (Å²) in [5.41, 5.74) is 6.11. The van der Waals surface area contributed by atoms with E-state index in [0.29, 0.717) is 23.0 Å². The van der Waals surface area contributed by atoms with E-state index in [9.17, 15) is 22.4 Å². The molecule has 2 aromatic rings. The second kappa shape index (κ2) is 8.62. The molecule has 1 amide bonds. The Bertz CT molecular complexity index is 1040. The van der Waals surface area contributed by atoms with Crippen molar-refractivity contribution < 1.29 is 27.1 Å². The molecule has 0 saturated heterocycles. The summed E-state index contributed by atoms with van der Waals surface area (Å²) < 4.78 is 54.9. The number of nitrogens with two attached hydrogens (primary N) is 1. The molecule has 8 nitrogen and oxygen atoms in total. The lowest BCUT2D eigenvalue weighted by Crippen LogP contribution is -2.38. The van der Waals surface area contributed by atoms with Crippen LogP contribution in [0.15, 0.2) is 35.7 Å². The van der Waals surface area contributed by atoms with E-state index in [1.54, 1.807) is 6.07 Å². The maximum absolute atomic E-state index is 12.8. The molecule has 0 radical (unpaired) electrons. The van der Waals surface area contributed by atoms with Crippen LogP contribution in [-0.2, 0) is 4.74 Å². The maximum atomic E-state index is 12.8. The van der Waals surface area contributed by atoms with Crippen molar-refractivity contribution in [2.24, 2.45) is 10.7 Å². The number of nitrogens with zero attached hydrogens (tertiary/aromatic N) is 4. The monoisotopic (exact) mass is 470 g/mol. The quantitative estimate of drug-likeness (QED) is 0.622. The Morgan fingerprint density at radius 3 is 2.72 bits per heavy atom. The molecule has 1 aliphatic carbocycles. The molecule has 13 heteroatoms. The van der Waals surface area contributed by atoms with Crippen LogP contribution in [0.4, 0.5) is 23.2 Å². The van der Waals surface area contributed by atoms with Crippen LogP contribution in [0.25, 0.3) is 0 Å². The lowest BCUT2D eigenvalue weighted by Gasteiger charge is -2.34. The number of hydrogen-bond acceptors (Lipinski definition) is 8. The predicted octanol–water partition coefficient (Wildman–Crippen LogP) is 3.35. The third-order valence-electron chi connectivity index (χ3n) is 5.28. The average Bonchev–Trinajstić information content (AvgIpc) is 3.37. The Labute approximate surface area is 184 Å². The average molecular weight is 470 g/mol. The number of nitrogens with one attached hydrogen (secondary N) is 1. The van der Waals surface area contributed by atoms with Gasteiger partial charge in [-0.25, -0.2) is 13.8 Å². The zero-order chi connectivity index (χ0) is 23.0. The van der Waals surface area contributed by atoms with Gasteiger partial charge < -0.3 is 15.8 Å². The van der Waals surface area contributed by atoms with E-state index in [4.69, 9.17) is 10.5 Å². The molecule has 3 N–H and O–H groups in total. The van der Waals surface area contributed by atoms with Crippen LogP contribution in [0.3, 0.4) is 0 Å². The molecule has 1 unspecified atom stereocenters. The second-order valence-corrected chi connectivity index (χ2v) is 8.77. The van der Waals surface area contributed by atoms with Gasteiger partial charge in [0.05, 0.1) is 29.3 Å². The number of alkyl halides is 4. The second-order valence-electron chi connectivity index (χ2n) is 7.38. The molecule has 2 aromatic heterocycles. The number of carbonyl (C=O) groups excluding carboxylic acids is 1. The number of ether oxygens (including phenoxy) is 1. The van der Waals surface area contributed by atoms with Gasteiger partial charge in [0, 0.05) is 23.5 Å². The molecule has 1 spiro atoms. The zero-order valence-corrected chi connectivity index (χ0v) is 17.4. The minimum absolute atomic E-state index is 0.143. The highest BCUT2D eigenvalue weighted by molar-refractivity contribution is 8.15. The number of amidine groups is 1. The number of halogens is 4. The highest BCUT2D eigenvalue weighted by Gasteiger charge is 2.65. The smallest absolute Gasteiger partial charge is 0.345 e.